The van der Waals surface area contributed by atoms with Crippen LogP contribution in [0.2, 0.25) is 0 Å². The first-order valence-corrected chi connectivity index (χ1v) is 11.4. The van der Waals surface area contributed by atoms with Gasteiger partial charge in [0.05, 0.1) is 0 Å². The maximum atomic E-state index is 12.9. The highest BCUT2D eigenvalue weighted by Gasteiger charge is 2.15. The highest BCUT2D eigenvalue weighted by atomic mass is 16.5. The predicted molar refractivity (Wildman–Crippen MR) is 136 cm³/mol. The Labute approximate surface area is 197 Å². The number of hydrogen-bond acceptors (Lipinski definition) is 4. The summed E-state index contributed by atoms with van der Waals surface area (Å²) in [7, 11) is 0. The van der Waals surface area contributed by atoms with Crippen LogP contribution in [0.25, 0.3) is 32.9 Å². The lowest BCUT2D eigenvalue weighted by atomic mass is 9.98. The molecule has 0 amide bonds. The van der Waals surface area contributed by atoms with Crippen LogP contribution in [-0.4, -0.2) is 12.4 Å². The van der Waals surface area contributed by atoms with Crippen LogP contribution in [0.4, 0.5) is 0 Å². The van der Waals surface area contributed by atoms with Crippen molar-refractivity contribution in [2.24, 2.45) is 0 Å². The Kier molecular flexibility index (Phi) is 5.96. The normalized spacial score (nSPS) is 11.1. The molecule has 0 bridgehead atoms. The molecule has 4 aromatic carbocycles. The molecule has 5 rings (SSSR count). The summed E-state index contributed by atoms with van der Waals surface area (Å²) in [5.41, 5.74) is 3.37. The summed E-state index contributed by atoms with van der Waals surface area (Å²) < 4.78 is 11.5. The van der Waals surface area contributed by atoms with Crippen molar-refractivity contribution < 1.29 is 13.9 Å². The van der Waals surface area contributed by atoms with E-state index in [2.05, 4.69) is 6.92 Å². The number of carbonyl (C=O) groups excluding carboxylic acids is 1. The second-order valence-corrected chi connectivity index (χ2v) is 8.33. The second-order valence-electron chi connectivity index (χ2n) is 8.33. The van der Waals surface area contributed by atoms with E-state index in [4.69, 9.17) is 9.15 Å². The first-order valence-electron chi connectivity index (χ1n) is 11.4. The highest BCUT2D eigenvalue weighted by Crippen LogP contribution is 2.33. The molecule has 0 N–H and O–H groups in total. The average molecular weight is 449 g/mol. The number of fused-ring (bicyclic) bond motifs is 2. The summed E-state index contributed by atoms with van der Waals surface area (Å²) >= 11 is 0. The number of hydrogen-bond donors (Lipinski definition) is 0. The molecular weight excluding hydrogens is 424 g/mol. The molecule has 34 heavy (non-hydrogen) atoms. The minimum Gasteiger partial charge on any atom is -0.485 e. The van der Waals surface area contributed by atoms with Gasteiger partial charge in [0.25, 0.3) is 0 Å². The molecular formula is C30H24O4. The maximum absolute atomic E-state index is 12.9. The molecule has 0 fully saturated rings. The summed E-state index contributed by atoms with van der Waals surface area (Å²) in [4.78, 5) is 25.2. The smallest absolute Gasteiger partial charge is 0.336 e. The van der Waals surface area contributed by atoms with Gasteiger partial charge in [0, 0.05) is 23.1 Å². The monoisotopic (exact) mass is 448 g/mol. The molecule has 0 aliphatic rings. The van der Waals surface area contributed by atoms with E-state index in [-0.39, 0.29) is 12.4 Å². The zero-order valence-electron chi connectivity index (χ0n) is 18.9. The van der Waals surface area contributed by atoms with Gasteiger partial charge in [-0.3, -0.25) is 4.79 Å². The summed E-state index contributed by atoms with van der Waals surface area (Å²) in [5, 5.41) is 2.95. The van der Waals surface area contributed by atoms with Gasteiger partial charge in [-0.15, -0.1) is 0 Å². The third-order valence-corrected chi connectivity index (χ3v) is 5.96. The molecule has 1 heterocycles. The van der Waals surface area contributed by atoms with E-state index in [1.165, 1.54) is 6.07 Å². The number of benzene rings is 4. The van der Waals surface area contributed by atoms with Gasteiger partial charge < -0.3 is 9.15 Å². The van der Waals surface area contributed by atoms with Gasteiger partial charge in [-0.25, -0.2) is 4.79 Å². The SMILES string of the molecule is CCCc1cc2c(-c3ccccc3)cc(=O)oc2cc1OCC(=O)c1ccc2ccccc2c1. The van der Waals surface area contributed by atoms with Crippen molar-refractivity contribution in [2.75, 3.05) is 6.61 Å². The Hall–Kier alpha value is -4.18. The Morgan fingerprint density at radius 3 is 2.41 bits per heavy atom. The largest absolute Gasteiger partial charge is 0.485 e. The Morgan fingerprint density at radius 2 is 1.62 bits per heavy atom. The van der Waals surface area contributed by atoms with E-state index in [9.17, 15) is 9.59 Å². The molecule has 5 aromatic rings. The molecule has 0 radical (unpaired) electrons. The Balaban J connectivity index is 1.49. The van der Waals surface area contributed by atoms with Crippen molar-refractivity contribution in [3.63, 3.8) is 0 Å². The molecule has 4 nitrogen and oxygen atoms in total. The molecule has 0 saturated heterocycles. The third-order valence-electron chi connectivity index (χ3n) is 5.96. The molecule has 4 heteroatoms. The van der Waals surface area contributed by atoms with Crippen molar-refractivity contribution in [1.82, 2.24) is 0 Å². The van der Waals surface area contributed by atoms with Crippen LogP contribution in [0, 0.1) is 0 Å². The van der Waals surface area contributed by atoms with Gasteiger partial charge in [-0.1, -0.05) is 80.1 Å². The standard InChI is InChI=1S/C30H24O4/c1-2-8-24-16-26-25(21-10-4-3-5-11-21)17-30(32)34-29(26)18-28(24)33-19-27(31)23-14-13-20-9-6-7-12-22(20)15-23/h3-7,9-18H,2,8,19H2,1H3. The summed E-state index contributed by atoms with van der Waals surface area (Å²) in [6.07, 6.45) is 1.70. The average Bonchev–Trinajstić information content (AvgIpc) is 2.87. The van der Waals surface area contributed by atoms with E-state index in [1.54, 1.807) is 6.07 Å². The molecule has 168 valence electrons. The number of rotatable bonds is 7. The van der Waals surface area contributed by atoms with Gasteiger partial charge in [0.1, 0.15) is 11.3 Å². The van der Waals surface area contributed by atoms with Crippen molar-refractivity contribution in [3.05, 3.63) is 113 Å². The first kappa shape index (κ1) is 21.7. The lowest BCUT2D eigenvalue weighted by molar-refractivity contribution is 0.0921. The lowest BCUT2D eigenvalue weighted by Gasteiger charge is -2.14. The number of aryl methyl sites for hydroxylation is 1. The van der Waals surface area contributed by atoms with E-state index in [0.29, 0.717) is 16.9 Å². The molecule has 0 spiro atoms. The van der Waals surface area contributed by atoms with E-state index in [0.717, 1.165) is 45.7 Å². The number of Topliss-reactive ketones (excluding diaryl/α,β-unsaturated/α-hetero) is 1. The summed E-state index contributed by atoms with van der Waals surface area (Å²) in [5.74, 6) is 0.463. The van der Waals surface area contributed by atoms with Gasteiger partial charge in [0.15, 0.2) is 12.4 Å². The number of ether oxygens (including phenoxy) is 1. The Bertz CT molecular complexity index is 1550. The fourth-order valence-electron chi connectivity index (χ4n) is 4.28. The highest BCUT2D eigenvalue weighted by molar-refractivity contribution is 6.01. The molecule has 0 saturated carbocycles. The molecule has 0 atom stereocenters. The minimum atomic E-state index is -0.423. The van der Waals surface area contributed by atoms with Gasteiger partial charge >= 0.3 is 5.63 Å². The van der Waals surface area contributed by atoms with Crippen LogP contribution >= 0.6 is 0 Å². The maximum Gasteiger partial charge on any atom is 0.336 e. The van der Waals surface area contributed by atoms with Gasteiger partial charge in [-0.05, 0) is 46.0 Å². The van der Waals surface area contributed by atoms with Crippen molar-refractivity contribution in [3.8, 4) is 16.9 Å². The minimum absolute atomic E-state index is 0.0941. The quantitative estimate of drug-likeness (QED) is 0.202. The lowest BCUT2D eigenvalue weighted by Crippen LogP contribution is -2.12. The molecule has 0 unspecified atom stereocenters. The zero-order valence-corrected chi connectivity index (χ0v) is 18.9. The fraction of sp³-hybridized carbons (Fsp3) is 0.133. The van der Waals surface area contributed by atoms with Crippen molar-refractivity contribution >= 4 is 27.5 Å². The van der Waals surface area contributed by atoms with Crippen molar-refractivity contribution in [2.45, 2.75) is 19.8 Å². The van der Waals surface area contributed by atoms with Gasteiger partial charge in [0.2, 0.25) is 0 Å². The van der Waals surface area contributed by atoms with Crippen LogP contribution < -0.4 is 10.4 Å². The predicted octanol–water partition coefficient (Wildman–Crippen LogP) is 6.83. The summed E-state index contributed by atoms with van der Waals surface area (Å²) in [6, 6.07) is 28.6. The Morgan fingerprint density at radius 1 is 0.853 bits per heavy atom. The van der Waals surface area contributed by atoms with Crippen LogP contribution in [0.15, 0.2) is 100 Å². The van der Waals surface area contributed by atoms with Gasteiger partial charge in [-0.2, -0.15) is 0 Å². The second kappa shape index (κ2) is 9.36. The van der Waals surface area contributed by atoms with E-state index in [1.807, 2.05) is 78.9 Å². The van der Waals surface area contributed by atoms with E-state index < -0.39 is 5.63 Å². The molecule has 0 aliphatic carbocycles. The molecule has 0 aliphatic heterocycles. The van der Waals surface area contributed by atoms with Crippen LogP contribution in [0.1, 0.15) is 29.3 Å². The zero-order chi connectivity index (χ0) is 23.5. The molecule has 1 aromatic heterocycles. The van der Waals surface area contributed by atoms with E-state index >= 15 is 0 Å². The first-order chi connectivity index (χ1) is 16.6. The van der Waals surface area contributed by atoms with Crippen LogP contribution in [0.5, 0.6) is 5.75 Å². The number of ketones is 1. The van der Waals surface area contributed by atoms with Crippen molar-refractivity contribution in [1.29, 1.82) is 0 Å². The summed E-state index contributed by atoms with van der Waals surface area (Å²) in [6.45, 7) is 2.00. The van der Waals surface area contributed by atoms with Crippen LogP contribution in [-0.2, 0) is 6.42 Å². The van der Waals surface area contributed by atoms with Crippen LogP contribution in [0.3, 0.4) is 0 Å². The fourth-order valence-corrected chi connectivity index (χ4v) is 4.28. The number of carbonyl (C=O) groups is 1. The topological polar surface area (TPSA) is 56.5 Å². The third kappa shape index (κ3) is 4.35.